The number of aryl methyl sites for hydroxylation is 1. The molecule has 1 saturated heterocycles. The molecule has 134 valence electrons. The Bertz CT molecular complexity index is 489. The summed E-state index contributed by atoms with van der Waals surface area (Å²) in [5, 5.41) is 6.79. The zero-order chi connectivity index (χ0) is 17.2. The lowest BCUT2D eigenvalue weighted by atomic mass is 10.1. The summed E-state index contributed by atoms with van der Waals surface area (Å²) in [4.78, 5) is 9.73. The Morgan fingerprint density at radius 3 is 2.29 bits per heavy atom. The number of guanidine groups is 1. The topological polar surface area (TPSA) is 42.9 Å². The minimum atomic E-state index is 0.713. The molecule has 0 saturated carbocycles. The lowest BCUT2D eigenvalue weighted by Gasteiger charge is -2.34. The molecule has 0 aromatic heterocycles. The van der Waals surface area contributed by atoms with E-state index in [0.29, 0.717) is 6.54 Å². The fourth-order valence-corrected chi connectivity index (χ4v) is 2.87. The SMILES string of the molecule is CCNC(=NCc1ccc(C)cc1)NCCN1CCN(CC)CC1. The van der Waals surface area contributed by atoms with E-state index in [2.05, 4.69) is 70.5 Å². The predicted molar refractivity (Wildman–Crippen MR) is 103 cm³/mol. The Morgan fingerprint density at radius 1 is 1.00 bits per heavy atom. The van der Waals surface area contributed by atoms with Gasteiger partial charge in [-0.05, 0) is 26.0 Å². The maximum Gasteiger partial charge on any atom is 0.191 e. The highest BCUT2D eigenvalue weighted by Gasteiger charge is 2.14. The molecule has 0 bridgehead atoms. The van der Waals surface area contributed by atoms with Crippen LogP contribution in [0.4, 0.5) is 0 Å². The van der Waals surface area contributed by atoms with Crippen molar-refractivity contribution in [1.82, 2.24) is 20.4 Å². The third-order valence-corrected chi connectivity index (χ3v) is 4.52. The maximum atomic E-state index is 4.69. The molecule has 1 fully saturated rings. The van der Waals surface area contributed by atoms with E-state index >= 15 is 0 Å². The number of benzene rings is 1. The number of likely N-dealkylation sites (N-methyl/N-ethyl adjacent to an activating group) is 1. The van der Waals surface area contributed by atoms with Crippen molar-refractivity contribution in [2.24, 2.45) is 4.99 Å². The maximum absolute atomic E-state index is 4.69. The van der Waals surface area contributed by atoms with Gasteiger partial charge in [0, 0.05) is 45.8 Å². The Morgan fingerprint density at radius 2 is 1.67 bits per heavy atom. The van der Waals surface area contributed by atoms with E-state index in [1.54, 1.807) is 0 Å². The Balaban J connectivity index is 1.74. The van der Waals surface area contributed by atoms with Crippen LogP contribution >= 0.6 is 0 Å². The lowest BCUT2D eigenvalue weighted by molar-refractivity contribution is 0.139. The molecule has 1 aliphatic rings. The molecule has 0 atom stereocenters. The summed E-state index contributed by atoms with van der Waals surface area (Å²) in [6.07, 6.45) is 0. The van der Waals surface area contributed by atoms with E-state index < -0.39 is 0 Å². The average molecular weight is 332 g/mol. The van der Waals surface area contributed by atoms with Crippen molar-refractivity contribution < 1.29 is 0 Å². The summed E-state index contributed by atoms with van der Waals surface area (Å²) in [7, 11) is 0. The summed E-state index contributed by atoms with van der Waals surface area (Å²) in [6.45, 7) is 16.0. The van der Waals surface area contributed by atoms with Crippen molar-refractivity contribution in [1.29, 1.82) is 0 Å². The van der Waals surface area contributed by atoms with Gasteiger partial charge >= 0.3 is 0 Å². The second-order valence-corrected chi connectivity index (χ2v) is 6.38. The lowest BCUT2D eigenvalue weighted by Crippen LogP contribution is -2.49. The van der Waals surface area contributed by atoms with Crippen LogP contribution in [0.15, 0.2) is 29.3 Å². The van der Waals surface area contributed by atoms with Gasteiger partial charge in [-0.15, -0.1) is 0 Å². The van der Waals surface area contributed by atoms with Crippen LogP contribution in [0.3, 0.4) is 0 Å². The molecule has 2 rings (SSSR count). The van der Waals surface area contributed by atoms with Gasteiger partial charge in [-0.1, -0.05) is 36.8 Å². The largest absolute Gasteiger partial charge is 0.357 e. The van der Waals surface area contributed by atoms with Gasteiger partial charge in [0.25, 0.3) is 0 Å². The molecule has 0 amide bonds. The first-order valence-corrected chi connectivity index (χ1v) is 9.23. The van der Waals surface area contributed by atoms with Crippen LogP contribution in [0.25, 0.3) is 0 Å². The van der Waals surface area contributed by atoms with Crippen LogP contribution in [0.5, 0.6) is 0 Å². The molecule has 0 radical (unpaired) electrons. The van der Waals surface area contributed by atoms with Crippen molar-refractivity contribution in [2.45, 2.75) is 27.3 Å². The average Bonchev–Trinajstić information content (AvgIpc) is 2.61. The number of hydrogen-bond donors (Lipinski definition) is 2. The number of aliphatic imine (C=N–C) groups is 1. The van der Waals surface area contributed by atoms with Crippen LogP contribution in [0.2, 0.25) is 0 Å². The van der Waals surface area contributed by atoms with Crippen LogP contribution in [-0.4, -0.2) is 68.1 Å². The molecule has 1 aromatic carbocycles. The van der Waals surface area contributed by atoms with Gasteiger partial charge in [0.15, 0.2) is 5.96 Å². The fourth-order valence-electron chi connectivity index (χ4n) is 2.87. The molecule has 5 nitrogen and oxygen atoms in total. The van der Waals surface area contributed by atoms with Crippen LogP contribution in [-0.2, 0) is 6.54 Å². The van der Waals surface area contributed by atoms with Crippen molar-refractivity contribution in [2.75, 3.05) is 52.4 Å². The van der Waals surface area contributed by atoms with E-state index in [-0.39, 0.29) is 0 Å². The summed E-state index contributed by atoms with van der Waals surface area (Å²) in [5.41, 5.74) is 2.53. The number of nitrogens with zero attached hydrogens (tertiary/aromatic N) is 3. The van der Waals surface area contributed by atoms with Gasteiger partial charge in [0.2, 0.25) is 0 Å². The minimum absolute atomic E-state index is 0.713. The van der Waals surface area contributed by atoms with Gasteiger partial charge in [0.05, 0.1) is 6.54 Å². The van der Waals surface area contributed by atoms with Gasteiger partial charge in [0.1, 0.15) is 0 Å². The number of rotatable bonds is 7. The highest BCUT2D eigenvalue weighted by molar-refractivity contribution is 5.79. The molecule has 5 heteroatoms. The summed E-state index contributed by atoms with van der Waals surface area (Å²) in [5.74, 6) is 0.908. The quantitative estimate of drug-likeness (QED) is 0.589. The van der Waals surface area contributed by atoms with Gasteiger partial charge < -0.3 is 15.5 Å². The number of nitrogens with one attached hydrogen (secondary N) is 2. The summed E-state index contributed by atoms with van der Waals surface area (Å²) < 4.78 is 0. The van der Waals surface area contributed by atoms with Gasteiger partial charge in [-0.25, -0.2) is 4.99 Å². The molecular weight excluding hydrogens is 298 g/mol. The van der Waals surface area contributed by atoms with Gasteiger partial charge in [-0.3, -0.25) is 4.90 Å². The van der Waals surface area contributed by atoms with Crippen molar-refractivity contribution in [3.63, 3.8) is 0 Å². The molecule has 24 heavy (non-hydrogen) atoms. The normalized spacial score (nSPS) is 17.0. The standard InChI is InChI=1S/C19H33N5/c1-4-20-19(22-16-18-8-6-17(3)7-9-18)21-10-11-24-14-12-23(5-2)13-15-24/h6-9H,4-5,10-16H2,1-3H3,(H2,20,21,22). The Kier molecular flexibility index (Phi) is 8.05. The molecule has 1 heterocycles. The summed E-state index contributed by atoms with van der Waals surface area (Å²) in [6, 6.07) is 8.58. The molecule has 1 aliphatic heterocycles. The van der Waals surface area contributed by atoms with Crippen LogP contribution in [0, 0.1) is 6.92 Å². The van der Waals surface area contributed by atoms with Crippen LogP contribution < -0.4 is 10.6 Å². The predicted octanol–water partition coefficient (Wildman–Crippen LogP) is 1.69. The molecule has 0 aliphatic carbocycles. The first kappa shape index (κ1) is 18.7. The molecule has 1 aromatic rings. The highest BCUT2D eigenvalue weighted by Crippen LogP contribution is 2.04. The molecule has 0 spiro atoms. The van der Waals surface area contributed by atoms with Gasteiger partial charge in [-0.2, -0.15) is 0 Å². The first-order chi connectivity index (χ1) is 11.7. The molecule has 0 unspecified atom stereocenters. The molecular formula is C19H33N5. The number of piperazine rings is 1. The van der Waals surface area contributed by atoms with E-state index in [1.807, 2.05) is 0 Å². The third kappa shape index (κ3) is 6.49. The van der Waals surface area contributed by atoms with Crippen molar-refractivity contribution >= 4 is 5.96 Å². The fraction of sp³-hybridized carbons (Fsp3) is 0.632. The Hall–Kier alpha value is -1.59. The Labute approximate surface area is 147 Å². The van der Waals surface area contributed by atoms with Crippen LogP contribution in [0.1, 0.15) is 25.0 Å². The van der Waals surface area contributed by atoms with Crippen molar-refractivity contribution in [3.05, 3.63) is 35.4 Å². The first-order valence-electron chi connectivity index (χ1n) is 9.23. The summed E-state index contributed by atoms with van der Waals surface area (Å²) >= 11 is 0. The number of hydrogen-bond acceptors (Lipinski definition) is 3. The monoisotopic (exact) mass is 331 g/mol. The minimum Gasteiger partial charge on any atom is -0.357 e. The smallest absolute Gasteiger partial charge is 0.191 e. The van der Waals surface area contributed by atoms with E-state index in [9.17, 15) is 0 Å². The third-order valence-electron chi connectivity index (χ3n) is 4.52. The van der Waals surface area contributed by atoms with E-state index in [1.165, 1.54) is 43.9 Å². The highest BCUT2D eigenvalue weighted by atomic mass is 15.3. The second-order valence-electron chi connectivity index (χ2n) is 6.38. The van der Waals surface area contributed by atoms with E-state index in [0.717, 1.165) is 25.6 Å². The second kappa shape index (κ2) is 10.3. The van der Waals surface area contributed by atoms with E-state index in [4.69, 9.17) is 0 Å². The zero-order valence-corrected chi connectivity index (χ0v) is 15.5. The van der Waals surface area contributed by atoms with Crippen molar-refractivity contribution in [3.8, 4) is 0 Å². The zero-order valence-electron chi connectivity index (χ0n) is 15.5. The molecule has 2 N–H and O–H groups in total.